The van der Waals surface area contributed by atoms with Crippen LogP contribution in [0.1, 0.15) is 32.6 Å². The summed E-state index contributed by atoms with van der Waals surface area (Å²) in [6.07, 6.45) is 3.58. The molecule has 0 aromatic heterocycles. The summed E-state index contributed by atoms with van der Waals surface area (Å²) in [6.45, 7) is 3.49. The highest BCUT2D eigenvalue weighted by molar-refractivity contribution is 5.85. The minimum Gasteiger partial charge on any atom is -0.353 e. The molecule has 17 heavy (non-hydrogen) atoms. The SMILES string of the molecule is CC(=O)NC1CCN(C(=O)C2(CN)CC2)CC1. The van der Waals surface area contributed by atoms with Gasteiger partial charge < -0.3 is 16.0 Å². The second-order valence-electron chi connectivity index (χ2n) is 5.25. The van der Waals surface area contributed by atoms with E-state index in [9.17, 15) is 9.59 Å². The summed E-state index contributed by atoms with van der Waals surface area (Å²) in [7, 11) is 0. The molecule has 2 rings (SSSR count). The molecule has 0 unspecified atom stereocenters. The predicted octanol–water partition coefficient (Wildman–Crippen LogP) is -0.148. The Morgan fingerprint density at radius 2 is 1.94 bits per heavy atom. The van der Waals surface area contributed by atoms with Crippen molar-refractivity contribution >= 4 is 11.8 Å². The summed E-state index contributed by atoms with van der Waals surface area (Å²) in [4.78, 5) is 25.1. The second-order valence-corrected chi connectivity index (χ2v) is 5.25. The minimum atomic E-state index is -0.235. The summed E-state index contributed by atoms with van der Waals surface area (Å²) < 4.78 is 0. The number of carbonyl (C=O) groups is 2. The van der Waals surface area contributed by atoms with Crippen LogP contribution in [0.15, 0.2) is 0 Å². The number of nitrogens with two attached hydrogens (primary N) is 1. The van der Waals surface area contributed by atoms with Gasteiger partial charge in [0.1, 0.15) is 0 Å². The number of amides is 2. The largest absolute Gasteiger partial charge is 0.353 e. The average molecular weight is 239 g/mol. The molecule has 0 bridgehead atoms. The van der Waals surface area contributed by atoms with Gasteiger partial charge in [0, 0.05) is 32.6 Å². The van der Waals surface area contributed by atoms with Crippen LogP contribution >= 0.6 is 0 Å². The van der Waals surface area contributed by atoms with E-state index in [-0.39, 0.29) is 23.3 Å². The Kier molecular flexibility index (Phi) is 3.38. The molecule has 2 amide bonds. The predicted molar refractivity (Wildman–Crippen MR) is 64.1 cm³/mol. The summed E-state index contributed by atoms with van der Waals surface area (Å²) in [5.74, 6) is 0.233. The van der Waals surface area contributed by atoms with Gasteiger partial charge >= 0.3 is 0 Å². The molecular weight excluding hydrogens is 218 g/mol. The fourth-order valence-electron chi connectivity index (χ4n) is 2.51. The highest BCUT2D eigenvalue weighted by Crippen LogP contribution is 2.46. The Balaban J connectivity index is 1.83. The molecule has 5 nitrogen and oxygen atoms in total. The molecule has 1 saturated carbocycles. The smallest absolute Gasteiger partial charge is 0.230 e. The Hall–Kier alpha value is -1.10. The van der Waals surface area contributed by atoms with E-state index in [4.69, 9.17) is 5.73 Å². The highest BCUT2D eigenvalue weighted by Gasteiger charge is 2.50. The third-order valence-electron chi connectivity index (χ3n) is 3.89. The van der Waals surface area contributed by atoms with E-state index >= 15 is 0 Å². The van der Waals surface area contributed by atoms with Crippen molar-refractivity contribution in [1.29, 1.82) is 0 Å². The molecule has 2 aliphatic rings. The normalized spacial score (nSPS) is 23.3. The van der Waals surface area contributed by atoms with Crippen LogP contribution in [0.25, 0.3) is 0 Å². The first kappa shape index (κ1) is 12.4. The van der Waals surface area contributed by atoms with Gasteiger partial charge in [0.2, 0.25) is 11.8 Å². The van der Waals surface area contributed by atoms with Crippen LogP contribution in [-0.2, 0) is 9.59 Å². The van der Waals surface area contributed by atoms with Crippen LogP contribution in [-0.4, -0.2) is 42.4 Å². The maximum atomic E-state index is 12.2. The lowest BCUT2D eigenvalue weighted by Crippen LogP contribution is -2.49. The molecule has 0 atom stereocenters. The van der Waals surface area contributed by atoms with Crippen LogP contribution in [0, 0.1) is 5.41 Å². The van der Waals surface area contributed by atoms with Gasteiger partial charge in [0.15, 0.2) is 0 Å². The molecule has 0 aromatic rings. The van der Waals surface area contributed by atoms with E-state index in [2.05, 4.69) is 5.32 Å². The number of carbonyl (C=O) groups excluding carboxylic acids is 2. The van der Waals surface area contributed by atoms with Gasteiger partial charge in [0.05, 0.1) is 5.41 Å². The van der Waals surface area contributed by atoms with Crippen molar-refractivity contribution in [2.45, 2.75) is 38.6 Å². The Morgan fingerprint density at radius 3 is 2.35 bits per heavy atom. The molecule has 1 heterocycles. The monoisotopic (exact) mass is 239 g/mol. The molecule has 2 fully saturated rings. The van der Waals surface area contributed by atoms with Crippen molar-refractivity contribution in [3.63, 3.8) is 0 Å². The van der Waals surface area contributed by atoms with Crippen molar-refractivity contribution in [3.05, 3.63) is 0 Å². The van der Waals surface area contributed by atoms with Gasteiger partial charge in [-0.25, -0.2) is 0 Å². The number of nitrogens with zero attached hydrogens (tertiary/aromatic N) is 1. The number of rotatable bonds is 3. The number of nitrogens with one attached hydrogen (secondary N) is 1. The van der Waals surface area contributed by atoms with Gasteiger partial charge in [-0.05, 0) is 25.7 Å². The van der Waals surface area contributed by atoms with Crippen molar-refractivity contribution < 1.29 is 9.59 Å². The number of hydrogen-bond donors (Lipinski definition) is 2. The second kappa shape index (κ2) is 4.64. The van der Waals surface area contributed by atoms with Gasteiger partial charge in [0.25, 0.3) is 0 Å². The molecular formula is C12H21N3O2. The third-order valence-corrected chi connectivity index (χ3v) is 3.89. The maximum absolute atomic E-state index is 12.2. The summed E-state index contributed by atoms with van der Waals surface area (Å²) in [5, 5.41) is 2.91. The first-order valence-electron chi connectivity index (χ1n) is 6.34. The topological polar surface area (TPSA) is 75.4 Å². The van der Waals surface area contributed by atoms with Crippen LogP contribution in [0.3, 0.4) is 0 Å². The average Bonchev–Trinajstić information content (AvgIpc) is 3.09. The quantitative estimate of drug-likeness (QED) is 0.719. The molecule has 1 aliphatic heterocycles. The lowest BCUT2D eigenvalue weighted by molar-refractivity contribution is -0.137. The van der Waals surface area contributed by atoms with E-state index in [0.717, 1.165) is 38.8 Å². The van der Waals surface area contributed by atoms with E-state index in [1.54, 1.807) is 0 Å². The molecule has 5 heteroatoms. The zero-order valence-corrected chi connectivity index (χ0v) is 10.4. The van der Waals surface area contributed by atoms with Gasteiger partial charge in [-0.2, -0.15) is 0 Å². The Morgan fingerprint density at radius 1 is 1.35 bits per heavy atom. The van der Waals surface area contributed by atoms with Crippen LogP contribution < -0.4 is 11.1 Å². The molecule has 3 N–H and O–H groups in total. The fraction of sp³-hybridized carbons (Fsp3) is 0.833. The summed E-state index contributed by atoms with van der Waals surface area (Å²) in [6, 6.07) is 0.226. The Bertz CT molecular complexity index is 318. The van der Waals surface area contributed by atoms with Crippen molar-refractivity contribution in [3.8, 4) is 0 Å². The number of piperidine rings is 1. The zero-order valence-electron chi connectivity index (χ0n) is 10.4. The van der Waals surface area contributed by atoms with Gasteiger partial charge in [-0.15, -0.1) is 0 Å². The fourth-order valence-corrected chi connectivity index (χ4v) is 2.51. The standard InChI is InChI=1S/C12H21N3O2/c1-9(16)14-10-2-6-15(7-3-10)11(17)12(8-13)4-5-12/h10H,2-8,13H2,1H3,(H,14,16). The molecule has 96 valence electrons. The van der Waals surface area contributed by atoms with Crippen molar-refractivity contribution in [2.24, 2.45) is 11.1 Å². The highest BCUT2D eigenvalue weighted by atomic mass is 16.2. The van der Waals surface area contributed by atoms with Crippen LogP contribution in [0.5, 0.6) is 0 Å². The van der Waals surface area contributed by atoms with Gasteiger partial charge in [-0.3, -0.25) is 9.59 Å². The molecule has 1 saturated heterocycles. The number of hydrogen-bond acceptors (Lipinski definition) is 3. The van der Waals surface area contributed by atoms with Gasteiger partial charge in [-0.1, -0.05) is 0 Å². The zero-order chi connectivity index (χ0) is 12.5. The molecule has 1 aliphatic carbocycles. The molecule has 0 spiro atoms. The van der Waals surface area contributed by atoms with Crippen molar-refractivity contribution in [2.75, 3.05) is 19.6 Å². The molecule has 0 radical (unpaired) electrons. The van der Waals surface area contributed by atoms with Crippen LogP contribution in [0.2, 0.25) is 0 Å². The Labute approximate surface area is 102 Å². The summed E-state index contributed by atoms with van der Waals surface area (Å²) >= 11 is 0. The van der Waals surface area contributed by atoms with Crippen molar-refractivity contribution in [1.82, 2.24) is 10.2 Å². The van der Waals surface area contributed by atoms with Crippen LogP contribution in [0.4, 0.5) is 0 Å². The first-order chi connectivity index (χ1) is 8.07. The van der Waals surface area contributed by atoms with E-state index in [1.165, 1.54) is 6.92 Å². The lowest BCUT2D eigenvalue weighted by atomic mass is 10.0. The van der Waals surface area contributed by atoms with E-state index < -0.39 is 0 Å². The lowest BCUT2D eigenvalue weighted by Gasteiger charge is -2.34. The molecule has 0 aromatic carbocycles. The van der Waals surface area contributed by atoms with E-state index in [1.807, 2.05) is 4.90 Å². The third kappa shape index (κ3) is 2.60. The minimum absolute atomic E-state index is 0.00963. The maximum Gasteiger partial charge on any atom is 0.230 e. The number of likely N-dealkylation sites (tertiary alicyclic amines) is 1. The first-order valence-corrected chi connectivity index (χ1v) is 6.34. The van der Waals surface area contributed by atoms with E-state index in [0.29, 0.717) is 6.54 Å². The summed E-state index contributed by atoms with van der Waals surface area (Å²) in [5.41, 5.74) is 5.43.